The number of rotatable bonds is 31. The molecule has 0 rings (SSSR count). The molecule has 4 heteroatoms. The van der Waals surface area contributed by atoms with Crippen LogP contribution in [0.5, 0.6) is 0 Å². The minimum atomic E-state index is 0.0121. The molecule has 0 aromatic rings. The lowest BCUT2D eigenvalue weighted by atomic mass is 10.1. The fraction of sp³-hybridized carbons (Fsp3) is 0.938. The summed E-state index contributed by atoms with van der Waals surface area (Å²) in [6, 6.07) is 0. The van der Waals surface area contributed by atoms with Crippen LogP contribution in [0.25, 0.3) is 0 Å². The second-order valence-corrected chi connectivity index (χ2v) is 10.3. The topological polar surface area (TPSA) is 36.9 Å². The predicted octanol–water partition coefficient (Wildman–Crippen LogP) is 10.5. The number of allylic oxidation sites excluding steroid dienone is 1. The van der Waals surface area contributed by atoms with Gasteiger partial charge in [-0.15, -0.1) is 0 Å². The van der Waals surface area contributed by atoms with Gasteiger partial charge in [0.25, 0.3) is 0 Å². The third-order valence-electron chi connectivity index (χ3n) is 6.65. The van der Waals surface area contributed by atoms with Crippen molar-refractivity contribution in [1.29, 1.82) is 0 Å². The van der Waals surface area contributed by atoms with Crippen LogP contribution < -0.4 is 0 Å². The first kappa shape index (κ1) is 35.4. The number of hydrogen-bond acceptors (Lipinski definition) is 4. The van der Waals surface area contributed by atoms with Crippen molar-refractivity contribution in [1.82, 2.24) is 0 Å². The largest absolute Gasteiger partial charge is 0.475 e. The van der Waals surface area contributed by atoms with E-state index >= 15 is 0 Å². The van der Waals surface area contributed by atoms with Crippen molar-refractivity contribution in [3.63, 3.8) is 0 Å². The summed E-state index contributed by atoms with van der Waals surface area (Å²) in [6.07, 6.45) is 31.6. The smallest absolute Gasteiger partial charge is 0.188 e. The molecule has 0 aliphatic heterocycles. The summed E-state index contributed by atoms with van der Waals surface area (Å²) in [5, 5.41) is 0. The lowest BCUT2D eigenvalue weighted by molar-refractivity contribution is -0.148. The minimum absolute atomic E-state index is 0.0121. The zero-order chi connectivity index (χ0) is 26.2. The Kier molecular flexibility index (Phi) is 31.9. The normalized spacial score (nSPS) is 11.8. The summed E-state index contributed by atoms with van der Waals surface area (Å²) in [7, 11) is 0. The summed E-state index contributed by atoms with van der Waals surface area (Å²) in [5.41, 5.74) is 0. The zero-order valence-electron chi connectivity index (χ0n) is 24.7. The molecule has 0 aromatic heterocycles. The van der Waals surface area contributed by atoms with E-state index in [1.165, 1.54) is 122 Å². The second kappa shape index (κ2) is 32.4. The fourth-order valence-corrected chi connectivity index (χ4v) is 4.25. The molecule has 216 valence electrons. The van der Waals surface area contributed by atoms with Crippen molar-refractivity contribution in [2.24, 2.45) is 0 Å². The number of unbranched alkanes of at least 4 members (excludes halogenated alkanes) is 17. The average Bonchev–Trinajstić information content (AvgIpc) is 2.89. The van der Waals surface area contributed by atoms with E-state index in [1.807, 2.05) is 0 Å². The Morgan fingerprint density at radius 1 is 0.500 bits per heavy atom. The van der Waals surface area contributed by atoms with E-state index in [9.17, 15) is 0 Å². The maximum atomic E-state index is 6.13. The molecule has 0 fully saturated rings. The third-order valence-corrected chi connectivity index (χ3v) is 6.65. The van der Waals surface area contributed by atoms with Crippen LogP contribution >= 0.6 is 0 Å². The van der Waals surface area contributed by atoms with Crippen molar-refractivity contribution in [2.75, 3.05) is 26.6 Å². The van der Waals surface area contributed by atoms with Crippen LogP contribution in [0.2, 0.25) is 0 Å². The molecule has 0 spiro atoms. The first-order valence-corrected chi connectivity index (χ1v) is 15.9. The quantitative estimate of drug-likeness (QED) is 0.0526. The molecule has 0 amide bonds. The Labute approximate surface area is 226 Å². The van der Waals surface area contributed by atoms with Crippen LogP contribution in [0.15, 0.2) is 12.3 Å². The average molecular weight is 513 g/mol. The molecule has 0 N–H and O–H groups in total. The van der Waals surface area contributed by atoms with Crippen LogP contribution in [-0.2, 0) is 18.9 Å². The molecular weight excluding hydrogens is 448 g/mol. The van der Waals surface area contributed by atoms with Gasteiger partial charge >= 0.3 is 0 Å². The third kappa shape index (κ3) is 29.6. The van der Waals surface area contributed by atoms with E-state index in [-0.39, 0.29) is 6.29 Å². The monoisotopic (exact) mass is 512 g/mol. The van der Waals surface area contributed by atoms with Crippen LogP contribution in [0.4, 0.5) is 0 Å². The molecular formula is C32H64O4. The molecule has 0 aliphatic rings. The summed E-state index contributed by atoms with van der Waals surface area (Å²) in [4.78, 5) is 0. The molecule has 0 unspecified atom stereocenters. The highest BCUT2D eigenvalue weighted by atomic mass is 16.7. The molecule has 0 bridgehead atoms. The van der Waals surface area contributed by atoms with Gasteiger partial charge in [0, 0.05) is 13.2 Å². The van der Waals surface area contributed by atoms with Gasteiger partial charge in [0.2, 0.25) is 0 Å². The highest BCUT2D eigenvalue weighted by molar-refractivity contribution is 4.72. The Balaban J connectivity index is 3.67. The molecule has 0 saturated carbocycles. The summed E-state index contributed by atoms with van der Waals surface area (Å²) >= 11 is 0. The Hall–Kier alpha value is -0.580. The maximum Gasteiger partial charge on any atom is 0.188 e. The highest BCUT2D eigenvalue weighted by Gasteiger charge is 2.09. The zero-order valence-corrected chi connectivity index (χ0v) is 24.7. The standard InChI is InChI=1S/C32H64O4/c1-4-7-10-18-24-29-35-32(36-30-25-19-11-8-5-2)26-21-17-15-13-12-14-16-20-23-28-34-31-33-27-22-9-6-3/h23,28,32H,4-22,24-27,29-31H2,1-3H3. The van der Waals surface area contributed by atoms with Crippen molar-refractivity contribution < 1.29 is 18.9 Å². The van der Waals surface area contributed by atoms with Crippen LogP contribution in [0.3, 0.4) is 0 Å². The van der Waals surface area contributed by atoms with Gasteiger partial charge in [-0.05, 0) is 51.0 Å². The van der Waals surface area contributed by atoms with E-state index in [1.54, 1.807) is 6.26 Å². The fourth-order valence-electron chi connectivity index (χ4n) is 4.25. The lowest BCUT2D eigenvalue weighted by Gasteiger charge is -2.19. The summed E-state index contributed by atoms with van der Waals surface area (Å²) in [6.45, 7) is 9.64. The van der Waals surface area contributed by atoms with Crippen molar-refractivity contribution >= 4 is 0 Å². The predicted molar refractivity (Wildman–Crippen MR) is 155 cm³/mol. The van der Waals surface area contributed by atoms with E-state index in [0.717, 1.165) is 39.1 Å². The molecule has 0 heterocycles. The van der Waals surface area contributed by atoms with Gasteiger partial charge in [0.1, 0.15) is 0 Å². The molecule has 0 aliphatic carbocycles. The lowest BCUT2D eigenvalue weighted by Crippen LogP contribution is -2.19. The van der Waals surface area contributed by atoms with E-state index in [2.05, 4.69) is 26.8 Å². The molecule has 0 atom stereocenters. The Morgan fingerprint density at radius 2 is 0.972 bits per heavy atom. The SMILES string of the molecule is CCCCCCCOC(CCCCCCCCCC=COCOCCCCC)OCCCCCCC. The van der Waals surface area contributed by atoms with Crippen LogP contribution in [-0.4, -0.2) is 32.9 Å². The van der Waals surface area contributed by atoms with E-state index in [0.29, 0.717) is 6.79 Å². The Bertz CT molecular complexity index is 397. The summed E-state index contributed by atoms with van der Waals surface area (Å²) in [5.74, 6) is 0. The van der Waals surface area contributed by atoms with Gasteiger partial charge in [0.15, 0.2) is 13.1 Å². The molecule has 36 heavy (non-hydrogen) atoms. The van der Waals surface area contributed by atoms with Crippen LogP contribution in [0.1, 0.15) is 162 Å². The van der Waals surface area contributed by atoms with Crippen LogP contribution in [0, 0.1) is 0 Å². The van der Waals surface area contributed by atoms with E-state index in [4.69, 9.17) is 18.9 Å². The van der Waals surface area contributed by atoms with Gasteiger partial charge in [-0.3, -0.25) is 0 Å². The first-order chi connectivity index (χ1) is 17.8. The van der Waals surface area contributed by atoms with Gasteiger partial charge < -0.3 is 18.9 Å². The molecule has 4 nitrogen and oxygen atoms in total. The second-order valence-electron chi connectivity index (χ2n) is 10.3. The molecule has 0 saturated heterocycles. The first-order valence-electron chi connectivity index (χ1n) is 15.9. The molecule has 0 aromatic carbocycles. The van der Waals surface area contributed by atoms with E-state index < -0.39 is 0 Å². The summed E-state index contributed by atoms with van der Waals surface area (Å²) < 4.78 is 23.1. The van der Waals surface area contributed by atoms with Gasteiger partial charge in [-0.1, -0.05) is 117 Å². The van der Waals surface area contributed by atoms with Crippen molar-refractivity contribution in [3.8, 4) is 0 Å². The highest BCUT2D eigenvalue weighted by Crippen LogP contribution is 2.14. The number of ether oxygens (including phenoxy) is 4. The van der Waals surface area contributed by atoms with Crippen molar-refractivity contribution in [2.45, 2.75) is 168 Å². The minimum Gasteiger partial charge on any atom is -0.475 e. The van der Waals surface area contributed by atoms with Gasteiger partial charge in [0.05, 0.1) is 12.9 Å². The van der Waals surface area contributed by atoms with Crippen molar-refractivity contribution in [3.05, 3.63) is 12.3 Å². The van der Waals surface area contributed by atoms with Gasteiger partial charge in [-0.25, -0.2) is 0 Å². The Morgan fingerprint density at radius 3 is 1.58 bits per heavy atom. The van der Waals surface area contributed by atoms with Gasteiger partial charge in [-0.2, -0.15) is 0 Å². The number of hydrogen-bond donors (Lipinski definition) is 0. The maximum absolute atomic E-state index is 6.13. The molecule has 0 radical (unpaired) electrons.